The smallest absolute Gasteiger partial charge is 0.179 e. The summed E-state index contributed by atoms with van der Waals surface area (Å²) in [5.41, 5.74) is 8.84. The Morgan fingerprint density at radius 3 is 1.56 bits per heavy atom. The van der Waals surface area contributed by atoms with Gasteiger partial charge in [-0.2, -0.15) is 0 Å². The number of fused-ring (bicyclic) bond motifs is 6. The lowest BCUT2D eigenvalue weighted by Gasteiger charge is -2.34. The van der Waals surface area contributed by atoms with Crippen molar-refractivity contribution in [3.05, 3.63) is 206 Å². The van der Waals surface area contributed by atoms with Crippen molar-refractivity contribution >= 4 is 72.4 Å². The average Bonchev–Trinajstić information content (AvgIpc) is 3.81. The third-order valence-corrected chi connectivity index (χ3v) is 17.6. The van der Waals surface area contributed by atoms with Gasteiger partial charge in [0.05, 0.1) is 27.8 Å². The monoisotopic (exact) mass is 748 g/mol. The molecule has 0 spiro atoms. The minimum absolute atomic E-state index is 0.662. The van der Waals surface area contributed by atoms with Gasteiger partial charge in [-0.05, 0) is 93.6 Å². The van der Waals surface area contributed by atoms with Crippen molar-refractivity contribution in [1.29, 1.82) is 0 Å². The van der Waals surface area contributed by atoms with E-state index in [9.17, 15) is 0 Å². The second-order valence-electron chi connectivity index (χ2n) is 15.9. The molecule has 0 bridgehead atoms. The van der Waals surface area contributed by atoms with Gasteiger partial charge in [-0.25, -0.2) is 0 Å². The molecule has 0 saturated heterocycles. The maximum absolute atomic E-state index is 2.73. The van der Waals surface area contributed by atoms with Crippen molar-refractivity contribution in [3.8, 4) is 11.4 Å². The molecule has 57 heavy (non-hydrogen) atoms. The van der Waals surface area contributed by atoms with Crippen molar-refractivity contribution in [2.45, 2.75) is 38.0 Å². The molecule has 274 valence electrons. The van der Waals surface area contributed by atoms with E-state index in [-0.39, 0.29) is 0 Å². The third kappa shape index (κ3) is 5.37. The molecule has 1 fully saturated rings. The van der Waals surface area contributed by atoms with Gasteiger partial charge >= 0.3 is 0 Å². The Labute approximate surface area is 335 Å². The van der Waals surface area contributed by atoms with Crippen molar-refractivity contribution in [1.82, 2.24) is 9.13 Å². The standard InChI is InChI=1S/C54H44N2Si/c1-5-19-39(20-6-1)40-35-36-51-48(37-40)46-29-13-15-31-49(46)56(51)53-34-18-33-52-54(53)47-30-14-16-32-50(47)55(52)41-21-17-28-45(38-41)57(42-22-7-2-8-23-42,43-24-9-3-10-25-43)44-26-11-4-12-27-44/h2-4,7-18,21-39H,1,5-6,19-20H2. The summed E-state index contributed by atoms with van der Waals surface area (Å²) in [5.74, 6) is 0.662. The van der Waals surface area contributed by atoms with Crippen LogP contribution in [-0.2, 0) is 0 Å². The van der Waals surface area contributed by atoms with Crippen LogP contribution in [0.2, 0.25) is 0 Å². The maximum Gasteiger partial charge on any atom is 0.179 e. The van der Waals surface area contributed by atoms with Crippen molar-refractivity contribution in [3.63, 3.8) is 0 Å². The second kappa shape index (κ2) is 13.9. The van der Waals surface area contributed by atoms with E-state index in [2.05, 4.69) is 209 Å². The van der Waals surface area contributed by atoms with Crippen LogP contribution in [0.5, 0.6) is 0 Å². The molecule has 0 atom stereocenters. The molecule has 0 aliphatic heterocycles. The van der Waals surface area contributed by atoms with E-state index >= 15 is 0 Å². The number of para-hydroxylation sites is 2. The van der Waals surface area contributed by atoms with E-state index in [1.54, 1.807) is 0 Å². The molecule has 0 amide bonds. The molecule has 2 aromatic heterocycles. The lowest BCUT2D eigenvalue weighted by Crippen LogP contribution is -2.74. The maximum atomic E-state index is 2.53. The van der Waals surface area contributed by atoms with Crippen molar-refractivity contribution in [2.75, 3.05) is 0 Å². The highest BCUT2D eigenvalue weighted by atomic mass is 28.3. The first kappa shape index (κ1) is 33.9. The normalized spacial score (nSPS) is 13.9. The molecular formula is C54H44N2Si. The largest absolute Gasteiger partial charge is 0.309 e. The van der Waals surface area contributed by atoms with E-state index in [0.717, 1.165) is 0 Å². The molecule has 0 unspecified atom stereocenters. The van der Waals surface area contributed by atoms with Crippen molar-refractivity contribution < 1.29 is 0 Å². The van der Waals surface area contributed by atoms with Crippen LogP contribution in [-0.4, -0.2) is 17.2 Å². The number of aromatic nitrogens is 2. The fourth-order valence-electron chi connectivity index (χ4n) is 10.3. The van der Waals surface area contributed by atoms with E-state index in [1.807, 2.05) is 0 Å². The van der Waals surface area contributed by atoms with Gasteiger partial charge < -0.3 is 9.13 Å². The first-order valence-corrected chi connectivity index (χ1v) is 22.6. The van der Waals surface area contributed by atoms with Crippen LogP contribution in [0.4, 0.5) is 0 Å². The van der Waals surface area contributed by atoms with Gasteiger partial charge in [-0.1, -0.05) is 171 Å². The summed E-state index contributed by atoms with van der Waals surface area (Å²) in [6, 6.07) is 75.4. The topological polar surface area (TPSA) is 9.86 Å². The van der Waals surface area contributed by atoms with E-state index in [4.69, 9.17) is 0 Å². The zero-order chi connectivity index (χ0) is 37.8. The molecule has 2 heterocycles. The minimum Gasteiger partial charge on any atom is -0.309 e. The molecule has 1 aliphatic carbocycles. The van der Waals surface area contributed by atoms with Crippen LogP contribution >= 0.6 is 0 Å². The van der Waals surface area contributed by atoms with Gasteiger partial charge in [0, 0.05) is 27.2 Å². The molecule has 8 aromatic carbocycles. The summed E-state index contributed by atoms with van der Waals surface area (Å²) in [7, 11) is -2.73. The van der Waals surface area contributed by atoms with E-state index < -0.39 is 8.07 Å². The number of benzene rings is 8. The van der Waals surface area contributed by atoms with Gasteiger partial charge in [-0.3, -0.25) is 0 Å². The Morgan fingerprint density at radius 1 is 0.368 bits per heavy atom. The predicted molar refractivity (Wildman–Crippen MR) is 245 cm³/mol. The third-order valence-electron chi connectivity index (χ3n) is 12.8. The fraction of sp³-hybridized carbons (Fsp3) is 0.111. The number of nitrogens with zero attached hydrogens (tertiary/aromatic N) is 2. The Balaban J connectivity index is 1.16. The Kier molecular flexibility index (Phi) is 8.29. The molecule has 11 rings (SSSR count). The van der Waals surface area contributed by atoms with Crippen LogP contribution in [0.25, 0.3) is 55.0 Å². The lowest BCUT2D eigenvalue weighted by atomic mass is 9.84. The zero-order valence-corrected chi connectivity index (χ0v) is 33.1. The highest BCUT2D eigenvalue weighted by Crippen LogP contribution is 2.41. The molecule has 2 nitrogen and oxygen atoms in total. The summed E-state index contributed by atoms with van der Waals surface area (Å²) in [6.07, 6.45) is 6.65. The Bertz CT molecular complexity index is 2950. The highest BCUT2D eigenvalue weighted by Gasteiger charge is 2.41. The summed E-state index contributed by atoms with van der Waals surface area (Å²) >= 11 is 0. The van der Waals surface area contributed by atoms with Gasteiger partial charge in [0.2, 0.25) is 0 Å². The molecule has 0 radical (unpaired) electrons. The van der Waals surface area contributed by atoms with Crippen LogP contribution < -0.4 is 20.7 Å². The quantitative estimate of drug-likeness (QED) is 0.113. The molecule has 1 saturated carbocycles. The molecule has 0 N–H and O–H groups in total. The molecular weight excluding hydrogens is 705 g/mol. The summed E-state index contributed by atoms with van der Waals surface area (Å²) in [4.78, 5) is 0. The number of hydrogen-bond donors (Lipinski definition) is 0. The summed E-state index contributed by atoms with van der Waals surface area (Å²) in [5, 5.41) is 10.7. The van der Waals surface area contributed by atoms with Crippen LogP contribution in [0.1, 0.15) is 43.6 Å². The predicted octanol–water partition coefficient (Wildman–Crippen LogP) is 11.3. The van der Waals surface area contributed by atoms with Gasteiger partial charge in [0.15, 0.2) is 8.07 Å². The average molecular weight is 749 g/mol. The van der Waals surface area contributed by atoms with Crippen LogP contribution in [0.3, 0.4) is 0 Å². The van der Waals surface area contributed by atoms with Crippen LogP contribution in [0, 0.1) is 0 Å². The van der Waals surface area contributed by atoms with E-state index in [1.165, 1.54) is 113 Å². The van der Waals surface area contributed by atoms with Crippen LogP contribution in [0.15, 0.2) is 200 Å². The molecule has 1 aliphatic rings. The first-order chi connectivity index (χ1) is 28.3. The fourth-order valence-corrected chi connectivity index (χ4v) is 15.1. The minimum atomic E-state index is -2.73. The van der Waals surface area contributed by atoms with E-state index in [0.29, 0.717) is 5.92 Å². The number of rotatable bonds is 7. The number of hydrogen-bond acceptors (Lipinski definition) is 0. The van der Waals surface area contributed by atoms with Gasteiger partial charge in [0.1, 0.15) is 0 Å². The summed E-state index contributed by atoms with van der Waals surface area (Å²) in [6.45, 7) is 0. The Morgan fingerprint density at radius 2 is 0.895 bits per heavy atom. The van der Waals surface area contributed by atoms with Gasteiger partial charge in [-0.15, -0.1) is 0 Å². The molecule has 3 heteroatoms. The van der Waals surface area contributed by atoms with Gasteiger partial charge in [0.25, 0.3) is 0 Å². The lowest BCUT2D eigenvalue weighted by molar-refractivity contribution is 0.444. The molecule has 10 aromatic rings. The SMILES string of the molecule is c1ccc([Si](c2ccccc2)(c2ccccc2)c2cccc(-n3c4ccccc4c4c(-n5c6ccccc6c6cc(C7CCCCC7)ccc65)cccc43)c2)cc1. The zero-order valence-electron chi connectivity index (χ0n) is 32.1. The second-order valence-corrected chi connectivity index (χ2v) is 19.7. The summed E-state index contributed by atoms with van der Waals surface area (Å²) < 4.78 is 5.04. The highest BCUT2D eigenvalue weighted by molar-refractivity contribution is 7.19. The Hall–Kier alpha value is -6.42. The van der Waals surface area contributed by atoms with Crippen molar-refractivity contribution in [2.24, 2.45) is 0 Å². The first-order valence-electron chi connectivity index (χ1n) is 20.6.